The van der Waals surface area contributed by atoms with Gasteiger partial charge < -0.3 is 5.73 Å². The maximum Gasteiger partial charge on any atom is 0 e. The van der Waals surface area contributed by atoms with Crippen molar-refractivity contribution in [1.82, 2.24) is 0 Å². The summed E-state index contributed by atoms with van der Waals surface area (Å²) in [7, 11) is 0. The first-order valence-electron chi connectivity index (χ1n) is 2.00. The molecule has 7 heavy (non-hydrogen) atoms. The SMILES string of the molecule is C[C-]=C=C(C)C.[Y]. The molecule has 0 aromatic carbocycles. The van der Waals surface area contributed by atoms with E-state index in [9.17, 15) is 0 Å². The molecule has 0 fully saturated rings. The standard InChI is InChI=1S/C6H9.Y/c1-4-5-6(2)3;/h1-3H3;/q-1;. The zero-order valence-corrected chi connectivity index (χ0v) is 7.92. The van der Waals surface area contributed by atoms with Gasteiger partial charge >= 0.3 is 0 Å². The van der Waals surface area contributed by atoms with E-state index in [-0.39, 0.29) is 32.7 Å². The minimum absolute atomic E-state index is 0. The van der Waals surface area contributed by atoms with Gasteiger partial charge in [0, 0.05) is 32.7 Å². The van der Waals surface area contributed by atoms with E-state index in [4.69, 9.17) is 0 Å². The fourth-order valence-electron chi connectivity index (χ4n) is 0.250. The first kappa shape index (κ1) is 10.6. The van der Waals surface area contributed by atoms with Crippen LogP contribution in [0.3, 0.4) is 0 Å². The summed E-state index contributed by atoms with van der Waals surface area (Å²) in [6, 6.07) is 0. The summed E-state index contributed by atoms with van der Waals surface area (Å²) in [5.41, 5.74) is 4.05. The fourth-order valence-corrected chi connectivity index (χ4v) is 0.250. The summed E-state index contributed by atoms with van der Waals surface area (Å²) in [5, 5.41) is 0. The van der Waals surface area contributed by atoms with Gasteiger partial charge in [0.15, 0.2) is 0 Å². The Labute approximate surface area is 70.6 Å². The fraction of sp³-hybridized carbons (Fsp3) is 0.500. The molecular weight excluding hydrogens is 161 g/mol. The summed E-state index contributed by atoms with van der Waals surface area (Å²) in [4.78, 5) is 0. The number of hydrogen-bond donors (Lipinski definition) is 0. The van der Waals surface area contributed by atoms with Gasteiger partial charge in [-0.15, -0.1) is 20.8 Å². The van der Waals surface area contributed by atoms with Gasteiger partial charge in [0.05, 0.1) is 0 Å². The number of hydrogen-bond acceptors (Lipinski definition) is 0. The molecule has 37 valence electrons. The molecule has 0 unspecified atom stereocenters. The van der Waals surface area contributed by atoms with Gasteiger partial charge in [-0.3, -0.25) is 0 Å². The monoisotopic (exact) mass is 170 g/mol. The Morgan fingerprint density at radius 3 is 1.86 bits per heavy atom. The minimum Gasteiger partial charge on any atom is -0.333 e. The van der Waals surface area contributed by atoms with E-state index in [2.05, 4.69) is 11.8 Å². The second-order valence-corrected chi connectivity index (χ2v) is 1.38. The van der Waals surface area contributed by atoms with Crippen molar-refractivity contribution in [3.05, 3.63) is 17.4 Å². The van der Waals surface area contributed by atoms with Gasteiger partial charge in [0.1, 0.15) is 0 Å². The maximum atomic E-state index is 2.88. The van der Waals surface area contributed by atoms with E-state index in [1.54, 1.807) is 0 Å². The van der Waals surface area contributed by atoms with Crippen LogP contribution < -0.4 is 0 Å². The molecule has 0 atom stereocenters. The molecule has 0 aliphatic rings. The first-order valence-corrected chi connectivity index (χ1v) is 2.00. The van der Waals surface area contributed by atoms with E-state index < -0.39 is 0 Å². The van der Waals surface area contributed by atoms with Gasteiger partial charge in [0.2, 0.25) is 0 Å². The molecule has 0 spiro atoms. The Balaban J connectivity index is 0. The molecule has 0 aliphatic carbocycles. The predicted octanol–water partition coefficient (Wildman–Crippen LogP) is 1.93. The molecule has 1 heteroatoms. The van der Waals surface area contributed by atoms with Crippen LogP contribution in [0, 0.1) is 6.08 Å². The molecule has 0 aliphatic heterocycles. The van der Waals surface area contributed by atoms with E-state index >= 15 is 0 Å². The van der Waals surface area contributed by atoms with Crippen LogP contribution >= 0.6 is 0 Å². The Hall–Kier alpha value is 0.624. The summed E-state index contributed by atoms with van der Waals surface area (Å²) in [6.45, 7) is 5.83. The Kier molecular flexibility index (Phi) is 10.0. The zero-order chi connectivity index (χ0) is 4.99. The van der Waals surface area contributed by atoms with Crippen LogP contribution in [0.2, 0.25) is 0 Å². The average Bonchev–Trinajstić information content (AvgIpc) is 1.35. The molecule has 0 amide bonds. The Bertz CT molecular complexity index is 82.4. The molecule has 0 N–H and O–H groups in total. The molecule has 0 saturated carbocycles. The third-order valence-electron chi connectivity index (χ3n) is 0.375. The molecule has 0 aromatic rings. The van der Waals surface area contributed by atoms with Crippen molar-refractivity contribution in [1.29, 1.82) is 0 Å². The first-order chi connectivity index (χ1) is 2.77. The molecule has 0 aromatic heterocycles. The maximum absolute atomic E-state index is 2.88. The van der Waals surface area contributed by atoms with Crippen LogP contribution in [-0.2, 0) is 32.7 Å². The van der Waals surface area contributed by atoms with Crippen molar-refractivity contribution < 1.29 is 32.7 Å². The molecular formula is C6H9Y-. The van der Waals surface area contributed by atoms with Gasteiger partial charge in [-0.2, -0.15) is 5.57 Å². The summed E-state index contributed by atoms with van der Waals surface area (Å²) in [5.74, 6) is 0. The van der Waals surface area contributed by atoms with Crippen LogP contribution in [0.15, 0.2) is 11.3 Å². The van der Waals surface area contributed by atoms with Crippen molar-refractivity contribution >= 4 is 0 Å². The summed E-state index contributed by atoms with van der Waals surface area (Å²) in [6.07, 6.45) is 2.78. The van der Waals surface area contributed by atoms with Crippen LogP contribution in [-0.4, -0.2) is 0 Å². The largest absolute Gasteiger partial charge is 0.333 e. The van der Waals surface area contributed by atoms with Crippen molar-refractivity contribution in [2.45, 2.75) is 20.8 Å². The van der Waals surface area contributed by atoms with E-state index in [1.165, 1.54) is 5.57 Å². The number of rotatable bonds is 0. The Morgan fingerprint density at radius 1 is 1.43 bits per heavy atom. The molecule has 0 saturated heterocycles. The number of allylic oxidation sites excluding steroid dienone is 1. The second-order valence-electron chi connectivity index (χ2n) is 1.38. The normalized spacial score (nSPS) is 5.57. The van der Waals surface area contributed by atoms with Crippen molar-refractivity contribution in [2.24, 2.45) is 0 Å². The second kappa shape index (κ2) is 6.62. The quantitative estimate of drug-likeness (QED) is 0.385. The predicted molar refractivity (Wildman–Crippen MR) is 27.3 cm³/mol. The van der Waals surface area contributed by atoms with E-state index in [0.717, 1.165) is 0 Å². The van der Waals surface area contributed by atoms with Gasteiger partial charge in [-0.05, 0) is 0 Å². The molecule has 1 radical (unpaired) electrons. The molecule has 0 nitrogen and oxygen atoms in total. The average molecular weight is 170 g/mol. The molecule has 0 bridgehead atoms. The zero-order valence-electron chi connectivity index (χ0n) is 5.08. The van der Waals surface area contributed by atoms with Crippen LogP contribution in [0.25, 0.3) is 0 Å². The van der Waals surface area contributed by atoms with E-state index in [1.807, 2.05) is 20.8 Å². The minimum atomic E-state index is 0. The molecule has 0 heterocycles. The van der Waals surface area contributed by atoms with Gasteiger partial charge in [0.25, 0.3) is 0 Å². The van der Waals surface area contributed by atoms with Crippen molar-refractivity contribution in [3.8, 4) is 0 Å². The summed E-state index contributed by atoms with van der Waals surface area (Å²) >= 11 is 0. The third-order valence-corrected chi connectivity index (χ3v) is 0.375. The smallest absolute Gasteiger partial charge is 0 e. The van der Waals surface area contributed by atoms with Crippen molar-refractivity contribution in [2.75, 3.05) is 0 Å². The van der Waals surface area contributed by atoms with Gasteiger partial charge in [-0.1, -0.05) is 0 Å². The summed E-state index contributed by atoms with van der Waals surface area (Å²) < 4.78 is 0. The van der Waals surface area contributed by atoms with Crippen LogP contribution in [0.5, 0.6) is 0 Å². The van der Waals surface area contributed by atoms with Crippen LogP contribution in [0.4, 0.5) is 0 Å². The van der Waals surface area contributed by atoms with Crippen LogP contribution in [0.1, 0.15) is 20.8 Å². The van der Waals surface area contributed by atoms with Gasteiger partial charge in [-0.25, -0.2) is 6.08 Å². The third kappa shape index (κ3) is 10.8. The topological polar surface area (TPSA) is 0 Å². The van der Waals surface area contributed by atoms with E-state index in [0.29, 0.717) is 0 Å². The van der Waals surface area contributed by atoms with Crippen molar-refractivity contribution in [3.63, 3.8) is 0 Å². The molecule has 0 rings (SSSR count). The Morgan fingerprint density at radius 2 is 1.86 bits per heavy atom.